The van der Waals surface area contributed by atoms with E-state index in [9.17, 15) is 14.0 Å². The van der Waals surface area contributed by atoms with Crippen LogP contribution in [-0.4, -0.2) is 11.8 Å². The molecule has 0 atom stereocenters. The fraction of sp³-hybridized carbons (Fsp3) is 0. The van der Waals surface area contributed by atoms with Crippen LogP contribution in [0.15, 0.2) is 82.2 Å². The molecule has 9 heteroatoms. The molecule has 0 saturated carbocycles. The number of benzene rings is 3. The molecule has 0 aliphatic carbocycles. The highest BCUT2D eigenvalue weighted by Gasteiger charge is 2.40. The minimum Gasteiger partial charge on any atom is -0.350 e. The van der Waals surface area contributed by atoms with E-state index in [1.807, 2.05) is 0 Å². The second kappa shape index (κ2) is 8.93. The molecule has 2 amide bonds. The molecule has 0 bridgehead atoms. The maximum Gasteiger partial charge on any atom is 0.283 e. The average Bonchev–Trinajstić information content (AvgIpc) is 2.97. The lowest BCUT2D eigenvalue weighted by Gasteiger charge is -2.15. The highest BCUT2D eigenvalue weighted by Crippen LogP contribution is 2.38. The maximum atomic E-state index is 13.4. The van der Waals surface area contributed by atoms with Crippen LogP contribution in [0.1, 0.15) is 0 Å². The predicted molar refractivity (Wildman–Crippen MR) is 123 cm³/mol. The summed E-state index contributed by atoms with van der Waals surface area (Å²) in [4.78, 5) is 28.3. The number of thioether (sulfide) groups is 1. The highest BCUT2D eigenvalue weighted by atomic mass is 35.5. The number of halogens is 4. The van der Waals surface area contributed by atoms with E-state index in [1.54, 1.807) is 42.5 Å². The van der Waals surface area contributed by atoms with Crippen molar-refractivity contribution in [3.05, 3.63) is 98.2 Å². The number of hydrogen-bond acceptors (Lipinski definition) is 4. The first kappa shape index (κ1) is 21.7. The molecule has 0 spiro atoms. The molecule has 1 N–H and O–H groups in total. The summed E-state index contributed by atoms with van der Waals surface area (Å²) >= 11 is 19.1. The highest BCUT2D eigenvalue weighted by molar-refractivity contribution is 8.04. The summed E-state index contributed by atoms with van der Waals surface area (Å²) < 4.78 is 13.4. The van der Waals surface area contributed by atoms with Crippen molar-refractivity contribution < 1.29 is 14.0 Å². The van der Waals surface area contributed by atoms with Gasteiger partial charge in [-0.15, -0.1) is 0 Å². The van der Waals surface area contributed by atoms with Gasteiger partial charge in [-0.1, -0.05) is 46.6 Å². The lowest BCUT2D eigenvalue weighted by Crippen LogP contribution is -2.32. The van der Waals surface area contributed by atoms with Crippen LogP contribution in [0.4, 0.5) is 15.8 Å². The van der Waals surface area contributed by atoms with Gasteiger partial charge >= 0.3 is 0 Å². The number of carbonyl (C=O) groups is 2. The molecule has 3 aromatic carbocycles. The first-order valence-corrected chi connectivity index (χ1v) is 10.8. The number of imide groups is 1. The summed E-state index contributed by atoms with van der Waals surface area (Å²) in [6, 6.07) is 16.8. The van der Waals surface area contributed by atoms with Crippen LogP contribution >= 0.6 is 46.6 Å². The third kappa shape index (κ3) is 4.57. The molecule has 0 aromatic heterocycles. The quantitative estimate of drug-likeness (QED) is 0.398. The van der Waals surface area contributed by atoms with Crippen molar-refractivity contribution in [2.45, 2.75) is 4.90 Å². The van der Waals surface area contributed by atoms with Crippen molar-refractivity contribution in [3.8, 4) is 0 Å². The molecule has 1 heterocycles. The smallest absolute Gasteiger partial charge is 0.283 e. The first-order valence-electron chi connectivity index (χ1n) is 8.87. The van der Waals surface area contributed by atoms with Crippen LogP contribution < -0.4 is 10.2 Å². The monoisotopic (exact) mass is 492 g/mol. The molecule has 156 valence electrons. The number of nitrogens with one attached hydrogen (secondary N) is 1. The van der Waals surface area contributed by atoms with Crippen molar-refractivity contribution in [2.75, 3.05) is 10.2 Å². The van der Waals surface area contributed by atoms with E-state index in [4.69, 9.17) is 34.8 Å². The predicted octanol–water partition coefficient (Wildman–Crippen LogP) is 6.78. The Morgan fingerprint density at radius 1 is 0.806 bits per heavy atom. The van der Waals surface area contributed by atoms with Gasteiger partial charge in [-0.2, -0.15) is 0 Å². The van der Waals surface area contributed by atoms with Gasteiger partial charge in [0.1, 0.15) is 16.4 Å². The van der Waals surface area contributed by atoms with E-state index in [-0.39, 0.29) is 16.3 Å². The van der Waals surface area contributed by atoms with Crippen molar-refractivity contribution >= 4 is 69.8 Å². The minimum absolute atomic E-state index is 0.0765. The van der Waals surface area contributed by atoms with Crippen molar-refractivity contribution in [1.29, 1.82) is 0 Å². The standard InChI is InChI=1S/C22H12Cl3FN2O2S/c23-12-1-8-16(9-2-12)31-20-19(27-14-5-10-17(24)18(25)11-14)21(29)28(22(20)30)15-6-3-13(26)4-7-15/h1-11,27H. The van der Waals surface area contributed by atoms with E-state index in [0.717, 1.165) is 21.6 Å². The second-order valence-corrected chi connectivity index (χ2v) is 8.77. The van der Waals surface area contributed by atoms with Gasteiger partial charge < -0.3 is 5.32 Å². The number of anilines is 2. The summed E-state index contributed by atoms with van der Waals surface area (Å²) in [5.41, 5.74) is 0.824. The van der Waals surface area contributed by atoms with Gasteiger partial charge in [0.2, 0.25) is 0 Å². The summed E-state index contributed by atoms with van der Waals surface area (Å²) in [7, 11) is 0. The summed E-state index contributed by atoms with van der Waals surface area (Å²) in [5, 5.41) is 4.19. The van der Waals surface area contributed by atoms with E-state index >= 15 is 0 Å². The minimum atomic E-state index is -0.570. The van der Waals surface area contributed by atoms with Crippen molar-refractivity contribution in [1.82, 2.24) is 0 Å². The van der Waals surface area contributed by atoms with Crippen LogP contribution in [-0.2, 0) is 9.59 Å². The van der Waals surface area contributed by atoms with Crippen molar-refractivity contribution in [3.63, 3.8) is 0 Å². The van der Waals surface area contributed by atoms with Crippen LogP contribution in [0, 0.1) is 5.82 Å². The zero-order valence-electron chi connectivity index (χ0n) is 15.5. The van der Waals surface area contributed by atoms with E-state index in [1.165, 1.54) is 24.3 Å². The molecular formula is C22H12Cl3FN2O2S. The molecular weight excluding hydrogens is 482 g/mol. The fourth-order valence-corrected chi connectivity index (χ4v) is 4.23. The summed E-state index contributed by atoms with van der Waals surface area (Å²) in [5.74, 6) is -1.57. The van der Waals surface area contributed by atoms with Crippen LogP contribution in [0.3, 0.4) is 0 Å². The molecule has 0 saturated heterocycles. The Morgan fingerprint density at radius 3 is 2.13 bits per heavy atom. The van der Waals surface area contributed by atoms with Crippen molar-refractivity contribution in [2.24, 2.45) is 0 Å². The molecule has 0 fully saturated rings. The van der Waals surface area contributed by atoms with E-state index < -0.39 is 17.6 Å². The summed E-state index contributed by atoms with van der Waals surface area (Å²) in [6.45, 7) is 0. The maximum absolute atomic E-state index is 13.4. The van der Waals surface area contributed by atoms with Gasteiger partial charge in [0.05, 0.1) is 15.7 Å². The number of rotatable bonds is 5. The van der Waals surface area contributed by atoms with Gasteiger partial charge in [0.15, 0.2) is 0 Å². The van der Waals surface area contributed by atoms with Gasteiger partial charge in [-0.05, 0) is 66.7 Å². The molecule has 4 rings (SSSR count). The molecule has 3 aromatic rings. The Labute approximate surface area is 196 Å². The molecule has 0 radical (unpaired) electrons. The van der Waals surface area contributed by atoms with E-state index in [2.05, 4.69) is 5.32 Å². The molecule has 1 aliphatic rings. The Kier molecular flexibility index (Phi) is 6.25. The first-order chi connectivity index (χ1) is 14.8. The second-order valence-electron chi connectivity index (χ2n) is 6.44. The number of hydrogen-bond donors (Lipinski definition) is 1. The molecule has 31 heavy (non-hydrogen) atoms. The Balaban J connectivity index is 1.74. The zero-order valence-corrected chi connectivity index (χ0v) is 18.6. The largest absolute Gasteiger partial charge is 0.350 e. The van der Waals surface area contributed by atoms with Gasteiger partial charge in [-0.25, -0.2) is 9.29 Å². The molecule has 1 aliphatic heterocycles. The van der Waals surface area contributed by atoms with Gasteiger partial charge in [0.25, 0.3) is 11.8 Å². The SMILES string of the molecule is O=C1C(Nc2ccc(Cl)c(Cl)c2)=C(Sc2ccc(Cl)cc2)C(=O)N1c1ccc(F)cc1. The normalized spacial score (nSPS) is 13.9. The Morgan fingerprint density at radius 2 is 1.48 bits per heavy atom. The Bertz CT molecular complexity index is 1210. The number of amides is 2. The fourth-order valence-electron chi connectivity index (χ4n) is 2.88. The van der Waals surface area contributed by atoms with Gasteiger partial charge in [0, 0.05) is 15.6 Å². The molecule has 0 unspecified atom stereocenters. The lowest BCUT2D eigenvalue weighted by atomic mass is 10.2. The lowest BCUT2D eigenvalue weighted by molar-refractivity contribution is -0.120. The zero-order chi connectivity index (χ0) is 22.1. The topological polar surface area (TPSA) is 49.4 Å². The third-order valence-corrected chi connectivity index (χ3v) is 6.43. The van der Waals surface area contributed by atoms with Gasteiger partial charge in [-0.3, -0.25) is 9.59 Å². The number of nitrogens with zero attached hydrogens (tertiary/aromatic N) is 1. The van der Waals surface area contributed by atoms with Crippen LogP contribution in [0.5, 0.6) is 0 Å². The molecule has 4 nitrogen and oxygen atoms in total. The van der Waals surface area contributed by atoms with Crippen LogP contribution in [0.2, 0.25) is 15.1 Å². The Hall–Kier alpha value is -2.51. The van der Waals surface area contributed by atoms with E-state index in [0.29, 0.717) is 20.8 Å². The average molecular weight is 494 g/mol. The number of carbonyl (C=O) groups excluding carboxylic acids is 2. The third-order valence-electron chi connectivity index (χ3n) is 4.35. The summed E-state index contributed by atoms with van der Waals surface area (Å²) in [6.07, 6.45) is 0. The van der Waals surface area contributed by atoms with Crippen LogP contribution in [0.25, 0.3) is 0 Å².